The van der Waals surface area contributed by atoms with E-state index >= 15 is 0 Å². The van der Waals surface area contributed by atoms with Crippen molar-refractivity contribution in [1.29, 1.82) is 0 Å². The Morgan fingerprint density at radius 3 is 3.00 bits per heavy atom. The molecule has 0 spiro atoms. The molecule has 2 atom stereocenters. The Bertz CT molecular complexity index is 257. The second-order valence-electron chi connectivity index (χ2n) is 5.04. The fraction of sp³-hybridized carbons (Fsp3) is 0.917. The van der Waals surface area contributed by atoms with Crippen molar-refractivity contribution in [3.63, 3.8) is 0 Å². The van der Waals surface area contributed by atoms with Crippen molar-refractivity contribution in [1.82, 2.24) is 15.1 Å². The van der Waals surface area contributed by atoms with E-state index in [1.165, 1.54) is 13.0 Å². The van der Waals surface area contributed by atoms with Crippen LogP contribution in [0.3, 0.4) is 0 Å². The van der Waals surface area contributed by atoms with Crippen molar-refractivity contribution in [2.45, 2.75) is 44.8 Å². The van der Waals surface area contributed by atoms with Gasteiger partial charge < -0.3 is 9.80 Å². The zero-order valence-electron chi connectivity index (χ0n) is 10.4. The SMILES string of the molecule is CCCC1NCC(=O)N1C1CCCN(C)C1. The fourth-order valence-corrected chi connectivity index (χ4v) is 2.91. The molecule has 2 aliphatic rings. The highest BCUT2D eigenvalue weighted by atomic mass is 16.2. The molecule has 0 saturated carbocycles. The van der Waals surface area contributed by atoms with Crippen LogP contribution in [0, 0.1) is 0 Å². The Kier molecular flexibility index (Phi) is 3.82. The van der Waals surface area contributed by atoms with Gasteiger partial charge in [0, 0.05) is 12.6 Å². The number of carbonyl (C=O) groups is 1. The summed E-state index contributed by atoms with van der Waals surface area (Å²) >= 11 is 0. The molecule has 0 bridgehead atoms. The molecule has 0 aromatic carbocycles. The van der Waals surface area contributed by atoms with Crippen LogP contribution >= 0.6 is 0 Å². The van der Waals surface area contributed by atoms with Crippen molar-refractivity contribution >= 4 is 5.91 Å². The maximum absolute atomic E-state index is 11.9. The lowest BCUT2D eigenvalue weighted by Crippen LogP contribution is -2.51. The first-order valence-electron chi connectivity index (χ1n) is 6.45. The first-order chi connectivity index (χ1) is 7.72. The first-order valence-corrected chi connectivity index (χ1v) is 6.45. The third-order valence-electron chi connectivity index (χ3n) is 3.67. The molecule has 92 valence electrons. The molecular weight excluding hydrogens is 202 g/mol. The standard InChI is InChI=1S/C12H23N3O/c1-3-5-11-13-8-12(16)15(11)10-6-4-7-14(2)9-10/h10-11,13H,3-9H2,1-2H3. The number of carbonyl (C=O) groups excluding carboxylic acids is 1. The molecule has 16 heavy (non-hydrogen) atoms. The van der Waals surface area contributed by atoms with Gasteiger partial charge in [0.25, 0.3) is 0 Å². The maximum Gasteiger partial charge on any atom is 0.238 e. The Balaban J connectivity index is 2.01. The van der Waals surface area contributed by atoms with Crippen LogP contribution in [0.1, 0.15) is 32.6 Å². The first kappa shape index (κ1) is 11.9. The third-order valence-corrected chi connectivity index (χ3v) is 3.67. The number of likely N-dealkylation sites (tertiary alicyclic amines) is 1. The van der Waals surface area contributed by atoms with Gasteiger partial charge in [-0.1, -0.05) is 13.3 Å². The molecule has 4 nitrogen and oxygen atoms in total. The van der Waals surface area contributed by atoms with E-state index in [1.807, 2.05) is 0 Å². The summed E-state index contributed by atoms with van der Waals surface area (Å²) in [5, 5.41) is 3.33. The van der Waals surface area contributed by atoms with E-state index in [0.29, 0.717) is 18.5 Å². The van der Waals surface area contributed by atoms with Gasteiger partial charge in [-0.2, -0.15) is 0 Å². The van der Waals surface area contributed by atoms with Crippen molar-refractivity contribution < 1.29 is 4.79 Å². The number of rotatable bonds is 3. The average Bonchev–Trinajstić information content (AvgIpc) is 2.60. The smallest absolute Gasteiger partial charge is 0.238 e. The van der Waals surface area contributed by atoms with E-state index in [4.69, 9.17) is 0 Å². The van der Waals surface area contributed by atoms with Crippen LogP contribution in [-0.2, 0) is 4.79 Å². The zero-order valence-corrected chi connectivity index (χ0v) is 10.4. The number of hydrogen-bond acceptors (Lipinski definition) is 3. The van der Waals surface area contributed by atoms with Gasteiger partial charge in [-0.25, -0.2) is 0 Å². The monoisotopic (exact) mass is 225 g/mol. The Morgan fingerprint density at radius 1 is 1.50 bits per heavy atom. The minimum Gasteiger partial charge on any atom is -0.322 e. The highest BCUT2D eigenvalue weighted by molar-refractivity contribution is 5.81. The Labute approximate surface area is 98.0 Å². The van der Waals surface area contributed by atoms with Gasteiger partial charge in [0.05, 0.1) is 12.7 Å². The predicted octanol–water partition coefficient (Wildman–Crippen LogP) is 0.639. The van der Waals surface area contributed by atoms with Crippen molar-refractivity contribution in [3.8, 4) is 0 Å². The van der Waals surface area contributed by atoms with E-state index in [9.17, 15) is 4.79 Å². The summed E-state index contributed by atoms with van der Waals surface area (Å²) in [6, 6.07) is 0.429. The summed E-state index contributed by atoms with van der Waals surface area (Å²) in [6.45, 7) is 4.92. The number of nitrogens with one attached hydrogen (secondary N) is 1. The van der Waals surface area contributed by atoms with Crippen LogP contribution < -0.4 is 5.32 Å². The minimum absolute atomic E-state index is 0.286. The molecule has 2 fully saturated rings. The number of piperidine rings is 1. The molecule has 2 saturated heterocycles. The topological polar surface area (TPSA) is 35.6 Å². The Morgan fingerprint density at radius 2 is 2.31 bits per heavy atom. The van der Waals surface area contributed by atoms with Crippen LogP contribution in [0.15, 0.2) is 0 Å². The van der Waals surface area contributed by atoms with E-state index < -0.39 is 0 Å². The molecule has 0 aromatic rings. The van der Waals surface area contributed by atoms with Gasteiger partial charge in [0.1, 0.15) is 0 Å². The van der Waals surface area contributed by atoms with E-state index in [0.717, 1.165) is 25.8 Å². The summed E-state index contributed by atoms with van der Waals surface area (Å²) in [5.74, 6) is 0.291. The highest BCUT2D eigenvalue weighted by Gasteiger charge is 2.36. The van der Waals surface area contributed by atoms with Crippen molar-refractivity contribution in [3.05, 3.63) is 0 Å². The molecule has 2 heterocycles. The summed E-state index contributed by atoms with van der Waals surface area (Å²) in [5.41, 5.74) is 0. The lowest BCUT2D eigenvalue weighted by Gasteiger charge is -2.38. The van der Waals surface area contributed by atoms with Gasteiger partial charge in [-0.05, 0) is 32.9 Å². The van der Waals surface area contributed by atoms with Crippen LogP contribution in [-0.4, -0.2) is 54.6 Å². The maximum atomic E-state index is 11.9. The fourth-order valence-electron chi connectivity index (χ4n) is 2.91. The summed E-state index contributed by atoms with van der Waals surface area (Å²) in [6.07, 6.45) is 4.87. The van der Waals surface area contributed by atoms with Gasteiger partial charge in [-0.15, -0.1) is 0 Å². The molecule has 2 rings (SSSR count). The molecular formula is C12H23N3O. The lowest BCUT2D eigenvalue weighted by molar-refractivity contribution is -0.131. The van der Waals surface area contributed by atoms with E-state index in [-0.39, 0.29) is 6.17 Å². The van der Waals surface area contributed by atoms with Gasteiger partial charge in [0.15, 0.2) is 0 Å². The summed E-state index contributed by atoms with van der Waals surface area (Å²) in [7, 11) is 2.15. The molecule has 4 heteroatoms. The third kappa shape index (κ3) is 2.38. The molecule has 0 aliphatic carbocycles. The predicted molar refractivity (Wildman–Crippen MR) is 64.1 cm³/mol. The second kappa shape index (κ2) is 5.15. The van der Waals surface area contributed by atoms with Crippen LogP contribution in [0.5, 0.6) is 0 Å². The number of hydrogen-bond donors (Lipinski definition) is 1. The molecule has 0 radical (unpaired) electrons. The van der Waals surface area contributed by atoms with Crippen LogP contribution in [0.2, 0.25) is 0 Å². The van der Waals surface area contributed by atoms with E-state index in [2.05, 4.69) is 29.1 Å². The molecule has 0 aromatic heterocycles. The summed E-state index contributed by atoms with van der Waals surface area (Å²) < 4.78 is 0. The quantitative estimate of drug-likeness (QED) is 0.765. The normalized spacial score (nSPS) is 32.4. The molecule has 2 unspecified atom stereocenters. The lowest BCUT2D eigenvalue weighted by atomic mass is 10.0. The molecule has 1 amide bonds. The number of nitrogens with zero attached hydrogens (tertiary/aromatic N) is 2. The van der Waals surface area contributed by atoms with Crippen molar-refractivity contribution in [2.24, 2.45) is 0 Å². The zero-order chi connectivity index (χ0) is 11.5. The van der Waals surface area contributed by atoms with Crippen LogP contribution in [0.25, 0.3) is 0 Å². The molecule has 2 aliphatic heterocycles. The molecule has 1 N–H and O–H groups in total. The van der Waals surface area contributed by atoms with Gasteiger partial charge in [0.2, 0.25) is 5.91 Å². The number of amides is 1. The Hall–Kier alpha value is -0.610. The van der Waals surface area contributed by atoms with E-state index in [1.54, 1.807) is 0 Å². The largest absolute Gasteiger partial charge is 0.322 e. The van der Waals surface area contributed by atoms with Gasteiger partial charge >= 0.3 is 0 Å². The second-order valence-corrected chi connectivity index (χ2v) is 5.04. The summed E-state index contributed by atoms with van der Waals surface area (Å²) in [4.78, 5) is 16.4. The average molecular weight is 225 g/mol. The number of likely N-dealkylation sites (N-methyl/N-ethyl adjacent to an activating group) is 1. The van der Waals surface area contributed by atoms with Crippen LogP contribution in [0.4, 0.5) is 0 Å². The highest BCUT2D eigenvalue weighted by Crippen LogP contribution is 2.21. The van der Waals surface area contributed by atoms with Crippen molar-refractivity contribution in [2.75, 3.05) is 26.7 Å². The minimum atomic E-state index is 0.286. The van der Waals surface area contributed by atoms with Gasteiger partial charge in [-0.3, -0.25) is 10.1 Å².